The van der Waals surface area contributed by atoms with Crippen molar-refractivity contribution in [3.63, 3.8) is 0 Å². The Hall–Kier alpha value is -1.16. The molecule has 0 radical (unpaired) electrons. The number of nitrogens with one attached hydrogen (secondary N) is 1. The van der Waals surface area contributed by atoms with Crippen molar-refractivity contribution in [3.05, 3.63) is 18.1 Å². The molecule has 1 fully saturated rings. The molecular formula is C14H24N4. The molecule has 2 heterocycles. The summed E-state index contributed by atoms with van der Waals surface area (Å²) in [7, 11) is 0. The van der Waals surface area contributed by atoms with Crippen LogP contribution in [-0.2, 0) is 6.54 Å². The molecular weight excluding hydrogens is 224 g/mol. The molecule has 1 aromatic rings. The minimum atomic E-state index is 0.807. The minimum Gasteiger partial charge on any atom is -0.355 e. The molecule has 100 valence electrons. The van der Waals surface area contributed by atoms with Gasteiger partial charge in [0.2, 0.25) is 0 Å². The minimum absolute atomic E-state index is 0.807. The van der Waals surface area contributed by atoms with Gasteiger partial charge in [-0.05, 0) is 25.3 Å². The molecule has 0 spiro atoms. The number of nitrogens with zero attached hydrogens (tertiary/aromatic N) is 3. The van der Waals surface area contributed by atoms with Gasteiger partial charge in [-0.15, -0.1) is 0 Å². The molecule has 0 bridgehead atoms. The molecule has 4 heteroatoms. The molecule has 1 aliphatic rings. The van der Waals surface area contributed by atoms with Gasteiger partial charge in [0.1, 0.15) is 5.82 Å². The average Bonchev–Trinajstić information content (AvgIpc) is 2.46. The van der Waals surface area contributed by atoms with Crippen molar-refractivity contribution in [1.29, 1.82) is 0 Å². The van der Waals surface area contributed by atoms with E-state index in [1.54, 1.807) is 0 Å². The second kappa shape index (κ2) is 6.69. The number of hydrogen-bond donors (Lipinski definition) is 1. The smallest absolute Gasteiger partial charge is 0.147 e. The molecule has 0 atom stereocenters. The Labute approximate surface area is 110 Å². The van der Waals surface area contributed by atoms with Gasteiger partial charge < -0.3 is 10.2 Å². The molecule has 1 aromatic heterocycles. The maximum atomic E-state index is 4.53. The van der Waals surface area contributed by atoms with Crippen LogP contribution in [0, 0.1) is 5.92 Å². The highest BCUT2D eigenvalue weighted by molar-refractivity contribution is 5.36. The van der Waals surface area contributed by atoms with E-state index in [1.807, 2.05) is 12.4 Å². The molecule has 4 nitrogen and oxygen atoms in total. The largest absolute Gasteiger partial charge is 0.355 e. The van der Waals surface area contributed by atoms with Gasteiger partial charge >= 0.3 is 0 Å². The summed E-state index contributed by atoms with van der Waals surface area (Å²) in [6, 6.07) is 0. The predicted molar refractivity (Wildman–Crippen MR) is 74.6 cm³/mol. The van der Waals surface area contributed by atoms with Crippen molar-refractivity contribution in [2.45, 2.75) is 39.7 Å². The van der Waals surface area contributed by atoms with E-state index in [2.05, 4.69) is 34.0 Å². The van der Waals surface area contributed by atoms with Crippen molar-refractivity contribution in [2.75, 3.05) is 24.5 Å². The van der Waals surface area contributed by atoms with Gasteiger partial charge in [-0.3, -0.25) is 4.98 Å². The van der Waals surface area contributed by atoms with Crippen LogP contribution in [0.4, 0.5) is 5.82 Å². The Morgan fingerprint density at radius 2 is 2.00 bits per heavy atom. The van der Waals surface area contributed by atoms with Crippen LogP contribution in [0.25, 0.3) is 0 Å². The van der Waals surface area contributed by atoms with Crippen LogP contribution in [0.3, 0.4) is 0 Å². The molecule has 0 aromatic carbocycles. The van der Waals surface area contributed by atoms with Crippen LogP contribution in [0.15, 0.2) is 12.4 Å². The fourth-order valence-electron chi connectivity index (χ4n) is 2.43. The Bertz CT molecular complexity index is 341. The maximum Gasteiger partial charge on any atom is 0.147 e. The summed E-state index contributed by atoms with van der Waals surface area (Å²) in [4.78, 5) is 11.4. The Morgan fingerprint density at radius 1 is 1.22 bits per heavy atom. The fourth-order valence-corrected chi connectivity index (χ4v) is 2.43. The molecule has 1 N–H and O–H groups in total. The quantitative estimate of drug-likeness (QED) is 0.867. The van der Waals surface area contributed by atoms with E-state index in [4.69, 9.17) is 0 Å². The summed E-state index contributed by atoms with van der Waals surface area (Å²) in [5.74, 6) is 1.94. The molecule has 0 amide bonds. The van der Waals surface area contributed by atoms with E-state index in [1.165, 1.54) is 19.3 Å². The highest BCUT2D eigenvalue weighted by atomic mass is 15.2. The zero-order chi connectivity index (χ0) is 12.8. The Kier molecular flexibility index (Phi) is 4.93. The van der Waals surface area contributed by atoms with E-state index in [0.717, 1.165) is 43.6 Å². The summed E-state index contributed by atoms with van der Waals surface area (Å²) in [6.07, 6.45) is 7.69. The zero-order valence-electron chi connectivity index (χ0n) is 11.5. The summed E-state index contributed by atoms with van der Waals surface area (Å²) in [5.41, 5.74) is 1.02. The molecule has 1 saturated heterocycles. The lowest BCUT2D eigenvalue weighted by Crippen LogP contribution is -2.34. The van der Waals surface area contributed by atoms with Crippen LogP contribution in [0.2, 0.25) is 0 Å². The SMILES string of the molecule is CCNCc1cnc(N2CCC(CC)CC2)cn1. The molecule has 2 rings (SSSR count). The lowest BCUT2D eigenvalue weighted by molar-refractivity contribution is 0.393. The number of aromatic nitrogens is 2. The number of anilines is 1. The first kappa shape index (κ1) is 13.3. The monoisotopic (exact) mass is 248 g/mol. The van der Waals surface area contributed by atoms with E-state index < -0.39 is 0 Å². The van der Waals surface area contributed by atoms with Gasteiger partial charge in [0.05, 0.1) is 18.1 Å². The van der Waals surface area contributed by atoms with Crippen LogP contribution in [-0.4, -0.2) is 29.6 Å². The van der Waals surface area contributed by atoms with E-state index in [-0.39, 0.29) is 0 Å². The fraction of sp³-hybridized carbons (Fsp3) is 0.714. The van der Waals surface area contributed by atoms with E-state index in [0.29, 0.717) is 0 Å². The Morgan fingerprint density at radius 3 is 2.56 bits per heavy atom. The maximum absolute atomic E-state index is 4.53. The lowest BCUT2D eigenvalue weighted by atomic mass is 9.94. The third-order valence-corrected chi connectivity index (χ3v) is 3.76. The first-order chi connectivity index (χ1) is 8.83. The molecule has 0 unspecified atom stereocenters. The summed E-state index contributed by atoms with van der Waals surface area (Å²) >= 11 is 0. The zero-order valence-corrected chi connectivity index (χ0v) is 11.5. The van der Waals surface area contributed by atoms with Crippen molar-refractivity contribution in [2.24, 2.45) is 5.92 Å². The van der Waals surface area contributed by atoms with Gasteiger partial charge in [0.25, 0.3) is 0 Å². The normalized spacial score (nSPS) is 17.1. The van der Waals surface area contributed by atoms with Crippen molar-refractivity contribution in [3.8, 4) is 0 Å². The Balaban J connectivity index is 1.89. The summed E-state index contributed by atoms with van der Waals surface area (Å²) in [5, 5.41) is 3.26. The highest BCUT2D eigenvalue weighted by Gasteiger charge is 2.18. The molecule has 0 aliphatic carbocycles. The van der Waals surface area contributed by atoms with E-state index >= 15 is 0 Å². The first-order valence-electron chi connectivity index (χ1n) is 7.10. The van der Waals surface area contributed by atoms with Crippen LogP contribution >= 0.6 is 0 Å². The number of hydrogen-bond acceptors (Lipinski definition) is 4. The van der Waals surface area contributed by atoms with Gasteiger partial charge in [0.15, 0.2) is 0 Å². The number of piperidine rings is 1. The molecule has 18 heavy (non-hydrogen) atoms. The second-order valence-electron chi connectivity index (χ2n) is 4.98. The van der Waals surface area contributed by atoms with Crippen molar-refractivity contribution < 1.29 is 0 Å². The molecule has 1 aliphatic heterocycles. The third kappa shape index (κ3) is 3.42. The second-order valence-corrected chi connectivity index (χ2v) is 4.98. The standard InChI is InChI=1S/C14H24N4/c1-3-12-5-7-18(8-6-12)14-11-16-13(10-17-14)9-15-4-2/h10-12,15H,3-9H2,1-2H3. The van der Waals surface area contributed by atoms with Crippen molar-refractivity contribution in [1.82, 2.24) is 15.3 Å². The van der Waals surface area contributed by atoms with Gasteiger partial charge in [-0.25, -0.2) is 4.98 Å². The predicted octanol–water partition coefficient (Wildman–Crippen LogP) is 2.21. The van der Waals surface area contributed by atoms with Crippen molar-refractivity contribution >= 4 is 5.82 Å². The summed E-state index contributed by atoms with van der Waals surface area (Å²) in [6.45, 7) is 8.41. The van der Waals surface area contributed by atoms with Crippen LogP contribution in [0.1, 0.15) is 38.8 Å². The summed E-state index contributed by atoms with van der Waals surface area (Å²) < 4.78 is 0. The van der Waals surface area contributed by atoms with Crippen LogP contribution in [0.5, 0.6) is 0 Å². The third-order valence-electron chi connectivity index (χ3n) is 3.76. The van der Waals surface area contributed by atoms with Gasteiger partial charge in [-0.1, -0.05) is 20.3 Å². The van der Waals surface area contributed by atoms with Gasteiger partial charge in [-0.2, -0.15) is 0 Å². The highest BCUT2D eigenvalue weighted by Crippen LogP contribution is 2.23. The average molecular weight is 248 g/mol. The first-order valence-corrected chi connectivity index (χ1v) is 7.10. The van der Waals surface area contributed by atoms with Gasteiger partial charge in [0, 0.05) is 19.6 Å². The topological polar surface area (TPSA) is 41.1 Å². The van der Waals surface area contributed by atoms with E-state index in [9.17, 15) is 0 Å². The molecule has 0 saturated carbocycles. The number of rotatable bonds is 5. The lowest BCUT2D eigenvalue weighted by Gasteiger charge is -2.32. The van der Waals surface area contributed by atoms with Crippen LogP contribution < -0.4 is 10.2 Å².